The molecule has 0 saturated carbocycles. The molecule has 0 bridgehead atoms. The number of hydrogen-bond acceptors (Lipinski definition) is 2. The predicted octanol–water partition coefficient (Wildman–Crippen LogP) is 2.09. The lowest BCUT2D eigenvalue weighted by atomic mass is 10.3. The molecule has 2 nitrogen and oxygen atoms in total. The summed E-state index contributed by atoms with van der Waals surface area (Å²) in [5.41, 5.74) is 2.34. The van der Waals surface area contributed by atoms with Crippen molar-refractivity contribution in [3.8, 4) is 0 Å². The molecule has 0 N–H and O–H groups in total. The number of rotatable bonds is 3. The Balaban J connectivity index is 2.65. The first-order valence-electron chi connectivity index (χ1n) is 3.95. The summed E-state index contributed by atoms with van der Waals surface area (Å²) in [5.74, 6) is 0. The molecule has 2 heteroatoms. The van der Waals surface area contributed by atoms with E-state index in [-0.39, 0.29) is 0 Å². The van der Waals surface area contributed by atoms with Gasteiger partial charge in [0.2, 0.25) is 0 Å². The topological polar surface area (TPSA) is 16.1 Å². The Labute approximate surface area is 73.5 Å². The van der Waals surface area contributed by atoms with E-state index in [0.29, 0.717) is 0 Å². The number of aromatic nitrogens is 1. The van der Waals surface area contributed by atoms with Gasteiger partial charge in [-0.05, 0) is 19.1 Å². The fourth-order valence-corrected chi connectivity index (χ4v) is 1.09. The molecule has 0 saturated heterocycles. The first kappa shape index (κ1) is 8.78. The van der Waals surface area contributed by atoms with E-state index in [0.717, 1.165) is 12.1 Å². The van der Waals surface area contributed by atoms with Crippen molar-refractivity contribution in [2.45, 2.75) is 6.92 Å². The van der Waals surface area contributed by atoms with Crippen LogP contribution in [0.1, 0.15) is 6.92 Å². The molecule has 12 heavy (non-hydrogen) atoms. The second-order valence-corrected chi connectivity index (χ2v) is 3.02. The van der Waals surface area contributed by atoms with Crippen molar-refractivity contribution in [1.29, 1.82) is 0 Å². The van der Waals surface area contributed by atoms with Gasteiger partial charge in [-0.2, -0.15) is 0 Å². The third kappa shape index (κ3) is 2.38. The Morgan fingerprint density at radius 1 is 1.50 bits per heavy atom. The third-order valence-corrected chi connectivity index (χ3v) is 1.61. The summed E-state index contributed by atoms with van der Waals surface area (Å²) in [6.45, 7) is 6.78. The van der Waals surface area contributed by atoms with E-state index in [2.05, 4.69) is 16.5 Å². The summed E-state index contributed by atoms with van der Waals surface area (Å²) in [5, 5.41) is 0. The molecule has 1 heterocycles. The maximum absolute atomic E-state index is 3.96. The molecule has 0 aliphatic heterocycles. The van der Waals surface area contributed by atoms with Gasteiger partial charge in [-0.3, -0.25) is 4.98 Å². The summed E-state index contributed by atoms with van der Waals surface area (Å²) in [6, 6.07) is 3.98. The standard InChI is InChI=1S/C10H14N2/c1-9(2)8-12(3)10-4-6-11-7-5-10/h4-7H,1,8H2,2-3H3. The average Bonchev–Trinajstić information content (AvgIpc) is 2.05. The molecular weight excluding hydrogens is 148 g/mol. The first-order chi connectivity index (χ1) is 5.70. The zero-order valence-electron chi connectivity index (χ0n) is 7.62. The SMILES string of the molecule is C=C(C)CN(C)c1ccncc1. The van der Waals surface area contributed by atoms with Gasteiger partial charge in [0.05, 0.1) is 0 Å². The lowest BCUT2D eigenvalue weighted by molar-refractivity contribution is 0.982. The van der Waals surface area contributed by atoms with Crippen molar-refractivity contribution < 1.29 is 0 Å². The third-order valence-electron chi connectivity index (χ3n) is 1.61. The summed E-state index contributed by atoms with van der Waals surface area (Å²) in [7, 11) is 2.05. The summed E-state index contributed by atoms with van der Waals surface area (Å²) >= 11 is 0. The summed E-state index contributed by atoms with van der Waals surface area (Å²) in [4.78, 5) is 6.10. The Kier molecular flexibility index (Phi) is 2.86. The first-order valence-corrected chi connectivity index (χ1v) is 3.95. The maximum atomic E-state index is 3.96. The number of pyridine rings is 1. The van der Waals surface area contributed by atoms with Crippen LogP contribution < -0.4 is 4.90 Å². The fraction of sp³-hybridized carbons (Fsp3) is 0.300. The van der Waals surface area contributed by atoms with E-state index in [1.54, 1.807) is 12.4 Å². The maximum Gasteiger partial charge on any atom is 0.0397 e. The number of anilines is 1. The molecule has 0 atom stereocenters. The lowest BCUT2D eigenvalue weighted by Gasteiger charge is -2.18. The summed E-state index contributed by atoms with van der Waals surface area (Å²) in [6.07, 6.45) is 3.59. The minimum atomic E-state index is 0.893. The predicted molar refractivity (Wildman–Crippen MR) is 52.3 cm³/mol. The van der Waals surface area contributed by atoms with Crippen LogP contribution in [0.2, 0.25) is 0 Å². The minimum Gasteiger partial charge on any atom is -0.371 e. The van der Waals surface area contributed by atoms with E-state index in [9.17, 15) is 0 Å². The highest BCUT2D eigenvalue weighted by Crippen LogP contribution is 2.10. The molecule has 0 aliphatic rings. The van der Waals surface area contributed by atoms with Gasteiger partial charge >= 0.3 is 0 Å². The van der Waals surface area contributed by atoms with Gasteiger partial charge in [0.1, 0.15) is 0 Å². The molecule has 64 valence electrons. The molecule has 1 aromatic heterocycles. The highest BCUT2D eigenvalue weighted by molar-refractivity contribution is 5.44. The van der Waals surface area contributed by atoms with Gasteiger partial charge in [0.25, 0.3) is 0 Å². The Morgan fingerprint density at radius 2 is 2.08 bits per heavy atom. The quantitative estimate of drug-likeness (QED) is 0.633. The molecule has 1 rings (SSSR count). The van der Waals surface area contributed by atoms with Crippen LogP contribution in [0.25, 0.3) is 0 Å². The van der Waals surface area contributed by atoms with Crippen LogP contribution in [0.15, 0.2) is 36.7 Å². The molecule has 1 aromatic rings. The van der Waals surface area contributed by atoms with Crippen LogP contribution in [0.4, 0.5) is 5.69 Å². The largest absolute Gasteiger partial charge is 0.371 e. The van der Waals surface area contributed by atoms with Crippen LogP contribution in [0.5, 0.6) is 0 Å². The van der Waals surface area contributed by atoms with Crippen molar-refractivity contribution in [3.63, 3.8) is 0 Å². The average molecular weight is 162 g/mol. The van der Waals surface area contributed by atoms with Gasteiger partial charge in [-0.15, -0.1) is 0 Å². The Bertz CT molecular complexity index is 254. The minimum absolute atomic E-state index is 0.893. The lowest BCUT2D eigenvalue weighted by Crippen LogP contribution is -2.18. The van der Waals surface area contributed by atoms with Crippen LogP contribution in [0, 0.1) is 0 Å². The van der Waals surface area contributed by atoms with Gasteiger partial charge < -0.3 is 4.90 Å². The van der Waals surface area contributed by atoms with Gasteiger partial charge in [0.15, 0.2) is 0 Å². The number of nitrogens with zero attached hydrogens (tertiary/aromatic N) is 2. The summed E-state index contributed by atoms with van der Waals surface area (Å²) < 4.78 is 0. The van der Waals surface area contributed by atoms with Crippen molar-refractivity contribution in [1.82, 2.24) is 4.98 Å². The monoisotopic (exact) mass is 162 g/mol. The zero-order chi connectivity index (χ0) is 8.97. The normalized spacial score (nSPS) is 9.50. The molecule has 0 fully saturated rings. The molecule has 0 aromatic carbocycles. The van der Waals surface area contributed by atoms with Crippen molar-refractivity contribution in [3.05, 3.63) is 36.7 Å². The second-order valence-electron chi connectivity index (χ2n) is 3.02. The van der Waals surface area contributed by atoms with Crippen LogP contribution in [-0.2, 0) is 0 Å². The molecule has 0 amide bonds. The highest BCUT2D eigenvalue weighted by atomic mass is 15.1. The zero-order valence-corrected chi connectivity index (χ0v) is 7.62. The molecule has 0 aliphatic carbocycles. The molecule has 0 spiro atoms. The van der Waals surface area contributed by atoms with Gasteiger partial charge in [0, 0.05) is 31.7 Å². The van der Waals surface area contributed by atoms with E-state index in [1.165, 1.54) is 5.69 Å². The van der Waals surface area contributed by atoms with Crippen molar-refractivity contribution in [2.24, 2.45) is 0 Å². The van der Waals surface area contributed by atoms with E-state index in [1.807, 2.05) is 26.1 Å². The van der Waals surface area contributed by atoms with E-state index < -0.39 is 0 Å². The second kappa shape index (κ2) is 3.90. The fourth-order valence-electron chi connectivity index (χ4n) is 1.09. The van der Waals surface area contributed by atoms with Crippen LogP contribution in [-0.4, -0.2) is 18.6 Å². The number of likely N-dealkylation sites (N-methyl/N-ethyl adjacent to an activating group) is 1. The number of hydrogen-bond donors (Lipinski definition) is 0. The van der Waals surface area contributed by atoms with E-state index >= 15 is 0 Å². The van der Waals surface area contributed by atoms with Gasteiger partial charge in [-0.25, -0.2) is 0 Å². The van der Waals surface area contributed by atoms with Crippen molar-refractivity contribution in [2.75, 3.05) is 18.5 Å². The smallest absolute Gasteiger partial charge is 0.0397 e. The molecule has 0 unspecified atom stereocenters. The van der Waals surface area contributed by atoms with Crippen molar-refractivity contribution >= 4 is 5.69 Å². The molecular formula is C10H14N2. The van der Waals surface area contributed by atoms with Crippen LogP contribution >= 0.6 is 0 Å². The van der Waals surface area contributed by atoms with Crippen LogP contribution in [0.3, 0.4) is 0 Å². The van der Waals surface area contributed by atoms with E-state index in [4.69, 9.17) is 0 Å². The molecule has 0 radical (unpaired) electrons. The Hall–Kier alpha value is -1.31. The highest BCUT2D eigenvalue weighted by Gasteiger charge is 1.98. The van der Waals surface area contributed by atoms with Gasteiger partial charge in [-0.1, -0.05) is 12.2 Å². The Morgan fingerprint density at radius 3 is 2.58 bits per heavy atom.